The van der Waals surface area contributed by atoms with Crippen LogP contribution in [-0.2, 0) is 25.8 Å². The van der Waals surface area contributed by atoms with Crippen LogP contribution in [0.2, 0.25) is 0 Å². The van der Waals surface area contributed by atoms with E-state index in [2.05, 4.69) is 133 Å². The van der Waals surface area contributed by atoms with Crippen molar-refractivity contribution >= 4 is 32.5 Å². The zero-order valence-corrected chi connectivity index (χ0v) is 31.2. The fraction of sp³-hybridized carbons (Fsp3) is 0.500. The molecule has 2 aliphatic carbocycles. The molecule has 0 N–H and O–H groups in total. The maximum Gasteiger partial charge on any atom is 0.166 e. The fourth-order valence-corrected chi connectivity index (χ4v) is 10.0. The van der Waals surface area contributed by atoms with E-state index in [0.717, 1.165) is 17.9 Å². The number of hydrogen-bond acceptors (Lipinski definition) is 7. The van der Waals surface area contributed by atoms with Crippen LogP contribution in [0.5, 0.6) is 11.5 Å². The molecule has 3 aromatic carbocycles. The first-order chi connectivity index (χ1) is 21.6. The van der Waals surface area contributed by atoms with E-state index >= 15 is 0 Å². The summed E-state index contributed by atoms with van der Waals surface area (Å²) in [5.74, 6) is 1.50. The lowest BCUT2D eigenvalue weighted by Crippen LogP contribution is -2.42. The topological polar surface area (TPSA) is 96.0 Å². The van der Waals surface area contributed by atoms with E-state index < -0.39 is 21.3 Å². The molecule has 0 amide bonds. The molecule has 47 heavy (non-hydrogen) atoms. The van der Waals surface area contributed by atoms with Crippen LogP contribution in [-0.4, -0.2) is 49.8 Å². The number of Topliss-reactive ketones (excluding diaryl/α,β-unsaturated/α-hetero) is 1. The van der Waals surface area contributed by atoms with Crippen molar-refractivity contribution in [3.8, 4) is 11.5 Å². The minimum Gasteiger partial charge on any atom is -0.748 e. The second-order valence-corrected chi connectivity index (χ2v) is 18.9. The third kappa shape index (κ3) is 8.92. The molecular formula is C38H51NO6S2. The van der Waals surface area contributed by atoms with Gasteiger partial charge < -0.3 is 18.9 Å². The van der Waals surface area contributed by atoms with Crippen LogP contribution in [0.15, 0.2) is 87.5 Å². The van der Waals surface area contributed by atoms with Gasteiger partial charge in [-0.1, -0.05) is 13.8 Å². The number of benzene rings is 3. The first-order valence-corrected chi connectivity index (χ1v) is 19.0. The lowest BCUT2D eigenvalue weighted by Gasteiger charge is -2.37. The summed E-state index contributed by atoms with van der Waals surface area (Å²) in [6.07, 6.45) is 1.88. The number of ketones is 1. The molecule has 2 atom stereocenters. The van der Waals surface area contributed by atoms with E-state index in [9.17, 15) is 17.8 Å². The largest absolute Gasteiger partial charge is 0.748 e. The van der Waals surface area contributed by atoms with Gasteiger partial charge in [-0.15, -0.1) is 0 Å². The maximum absolute atomic E-state index is 11.8. The molecule has 0 aromatic heterocycles. The molecule has 2 unspecified atom stereocenters. The molecule has 2 aliphatic rings. The van der Waals surface area contributed by atoms with Gasteiger partial charge in [-0.25, -0.2) is 8.42 Å². The van der Waals surface area contributed by atoms with Gasteiger partial charge in [0, 0.05) is 31.6 Å². The number of nitrogens with zero attached hydrogens (tertiary/aromatic N) is 1. The van der Waals surface area contributed by atoms with E-state index in [4.69, 9.17) is 9.47 Å². The molecule has 5 rings (SSSR count). The zero-order chi connectivity index (χ0) is 35.0. The first kappa shape index (κ1) is 36.8. The highest BCUT2D eigenvalue weighted by Crippen LogP contribution is 2.64. The highest BCUT2D eigenvalue weighted by atomic mass is 32.2. The molecular weight excluding hydrogens is 631 g/mol. The van der Waals surface area contributed by atoms with Crippen molar-refractivity contribution in [2.24, 2.45) is 16.7 Å². The van der Waals surface area contributed by atoms with Crippen molar-refractivity contribution in [1.82, 2.24) is 0 Å². The van der Waals surface area contributed by atoms with Gasteiger partial charge in [-0.05, 0) is 139 Å². The quantitative estimate of drug-likeness (QED) is 0.175. The minimum atomic E-state index is -4.33. The Morgan fingerprint density at radius 1 is 0.787 bits per heavy atom. The third-order valence-corrected chi connectivity index (χ3v) is 12.2. The van der Waals surface area contributed by atoms with E-state index in [0.29, 0.717) is 12.8 Å². The van der Waals surface area contributed by atoms with Crippen molar-refractivity contribution in [1.29, 1.82) is 0 Å². The Bertz CT molecular complexity index is 1580. The summed E-state index contributed by atoms with van der Waals surface area (Å²) < 4.78 is 44.8. The Morgan fingerprint density at radius 3 is 1.49 bits per heavy atom. The zero-order valence-electron chi connectivity index (χ0n) is 29.5. The van der Waals surface area contributed by atoms with Crippen molar-refractivity contribution in [3.63, 3.8) is 0 Å². The number of rotatable bonds is 8. The summed E-state index contributed by atoms with van der Waals surface area (Å²) >= 11 is 0. The Balaban J connectivity index is 0.000000277. The maximum atomic E-state index is 11.8. The summed E-state index contributed by atoms with van der Waals surface area (Å²) in [5, 5.41) is 0. The van der Waals surface area contributed by atoms with Gasteiger partial charge in [0.15, 0.2) is 14.7 Å². The van der Waals surface area contributed by atoms with Crippen molar-refractivity contribution in [2.75, 3.05) is 24.7 Å². The second-order valence-electron chi connectivity index (χ2n) is 15.4. The standard InChI is InChI=1S/C28H36NO2S.C10H16O4S/c1-27(2,3)30-22-11-17-25(18-12-22)32(24-15-9-21(10-16-24)29(7)8)26-19-13-23(14-20-26)31-28(4,5)6;1-9(2)7-3-4-10(9,8(11)5-7)6-15(12,13)14/h9-20H,1-8H3;7H,3-6H2,1-2H3,(H,12,13,14)/q+1;/p-1. The molecule has 0 saturated heterocycles. The number of carbonyl (C=O) groups excluding carboxylic acids is 1. The van der Waals surface area contributed by atoms with Crippen LogP contribution in [0, 0.1) is 16.7 Å². The van der Waals surface area contributed by atoms with E-state index in [1.807, 2.05) is 13.8 Å². The SMILES string of the molecule is CC1(C)C2CCC1(CS(=O)(=O)[O-])C(=O)C2.CN(C)c1ccc([S+](c2ccc(OC(C)(C)C)cc2)c2ccc(OC(C)(C)C)cc2)cc1. The molecule has 2 bridgehead atoms. The summed E-state index contributed by atoms with van der Waals surface area (Å²) in [6.45, 7) is 16.2. The monoisotopic (exact) mass is 681 g/mol. The number of anilines is 1. The Kier molecular flexibility index (Phi) is 10.6. The predicted molar refractivity (Wildman–Crippen MR) is 190 cm³/mol. The fourth-order valence-electron chi connectivity index (χ4n) is 6.69. The Morgan fingerprint density at radius 2 is 1.19 bits per heavy atom. The van der Waals surface area contributed by atoms with E-state index in [1.165, 1.54) is 20.4 Å². The van der Waals surface area contributed by atoms with Crippen LogP contribution >= 0.6 is 0 Å². The van der Waals surface area contributed by atoms with Gasteiger partial charge in [0.05, 0.1) is 26.8 Å². The molecule has 7 nitrogen and oxygen atoms in total. The smallest absolute Gasteiger partial charge is 0.166 e. The summed E-state index contributed by atoms with van der Waals surface area (Å²) in [6, 6.07) is 25.9. The molecule has 0 heterocycles. The van der Waals surface area contributed by atoms with Gasteiger partial charge in [0.25, 0.3) is 0 Å². The lowest BCUT2D eigenvalue weighted by molar-refractivity contribution is -0.128. The van der Waals surface area contributed by atoms with Crippen molar-refractivity contribution < 1.29 is 27.2 Å². The Hall–Kier alpha value is -3.01. The number of hydrogen-bond donors (Lipinski definition) is 0. The Labute approximate surface area is 285 Å². The highest BCUT2D eigenvalue weighted by Gasteiger charge is 2.64. The third-order valence-electron chi connectivity index (χ3n) is 9.12. The molecule has 0 spiro atoms. The van der Waals surface area contributed by atoms with E-state index in [1.54, 1.807) is 0 Å². The van der Waals surface area contributed by atoms with Crippen LogP contribution < -0.4 is 14.4 Å². The molecule has 0 radical (unpaired) electrons. The molecule has 256 valence electrons. The number of fused-ring (bicyclic) bond motifs is 2. The van der Waals surface area contributed by atoms with Crippen molar-refractivity contribution in [2.45, 2.75) is 101 Å². The average Bonchev–Trinajstić information content (AvgIpc) is 3.27. The number of carbonyl (C=O) groups is 1. The van der Waals surface area contributed by atoms with Gasteiger partial charge in [-0.2, -0.15) is 0 Å². The average molecular weight is 682 g/mol. The first-order valence-electron chi connectivity index (χ1n) is 16.2. The van der Waals surface area contributed by atoms with E-state index in [-0.39, 0.29) is 39.2 Å². The molecule has 3 aromatic rings. The van der Waals surface area contributed by atoms with Crippen molar-refractivity contribution in [3.05, 3.63) is 72.8 Å². The molecule has 9 heteroatoms. The summed E-state index contributed by atoms with van der Waals surface area (Å²) in [7, 11) is -0.423. The molecule has 0 aliphatic heterocycles. The second kappa shape index (κ2) is 13.5. The van der Waals surface area contributed by atoms with Crippen LogP contribution in [0.3, 0.4) is 0 Å². The van der Waals surface area contributed by atoms with Crippen LogP contribution in [0.1, 0.15) is 74.7 Å². The molecule has 2 saturated carbocycles. The van der Waals surface area contributed by atoms with Gasteiger partial charge in [-0.3, -0.25) is 4.79 Å². The molecule has 2 fully saturated rings. The van der Waals surface area contributed by atoms with Crippen LogP contribution in [0.4, 0.5) is 5.69 Å². The number of ether oxygens (including phenoxy) is 2. The highest BCUT2D eigenvalue weighted by molar-refractivity contribution is 7.97. The van der Waals surface area contributed by atoms with Gasteiger partial charge >= 0.3 is 0 Å². The normalized spacial score (nSPS) is 20.5. The minimum absolute atomic E-state index is 0.0248. The lowest BCUT2D eigenvalue weighted by atomic mass is 9.70. The predicted octanol–water partition coefficient (Wildman–Crippen LogP) is 8.13. The van der Waals surface area contributed by atoms with Gasteiger partial charge in [0.1, 0.15) is 28.5 Å². The summed E-state index contributed by atoms with van der Waals surface area (Å²) in [4.78, 5) is 17.8. The summed E-state index contributed by atoms with van der Waals surface area (Å²) in [5.41, 5.74) is -0.456. The van der Waals surface area contributed by atoms with Gasteiger partial charge in [0.2, 0.25) is 0 Å². The van der Waals surface area contributed by atoms with Crippen LogP contribution in [0.25, 0.3) is 0 Å².